The van der Waals surface area contributed by atoms with Gasteiger partial charge in [0.1, 0.15) is 6.54 Å². The first kappa shape index (κ1) is 19.0. The molecule has 1 aromatic heterocycles. The van der Waals surface area contributed by atoms with E-state index >= 15 is 0 Å². The van der Waals surface area contributed by atoms with Crippen LogP contribution in [0.25, 0.3) is 0 Å². The molecule has 6 nitrogen and oxygen atoms in total. The summed E-state index contributed by atoms with van der Waals surface area (Å²) < 4.78 is 1.21. The van der Waals surface area contributed by atoms with Gasteiger partial charge in [0.15, 0.2) is 5.78 Å². The Morgan fingerprint density at radius 2 is 2.00 bits per heavy atom. The Kier molecular flexibility index (Phi) is 5.84. The van der Waals surface area contributed by atoms with E-state index < -0.39 is 0 Å². The maximum Gasteiger partial charge on any atom is 0.267 e. The summed E-state index contributed by atoms with van der Waals surface area (Å²) in [6.45, 7) is 2.02. The maximum absolute atomic E-state index is 12.6. The number of likely N-dealkylation sites (N-methyl/N-ethyl adjacent to an activating group) is 1. The van der Waals surface area contributed by atoms with Crippen LogP contribution < -0.4 is 10.9 Å². The zero-order chi connectivity index (χ0) is 19.4. The second-order valence-electron chi connectivity index (χ2n) is 7.07. The number of ketones is 1. The fourth-order valence-corrected chi connectivity index (χ4v) is 3.52. The highest BCUT2D eigenvalue weighted by Gasteiger charge is 2.24. The number of benzene rings is 1. The third-order valence-electron chi connectivity index (χ3n) is 5.19. The lowest BCUT2D eigenvalue weighted by atomic mass is 9.83. The number of amides is 1. The van der Waals surface area contributed by atoms with Crippen molar-refractivity contribution >= 4 is 11.7 Å². The molecular weight excluding hydrogens is 342 g/mol. The van der Waals surface area contributed by atoms with Gasteiger partial charge in [-0.1, -0.05) is 31.2 Å². The fraction of sp³-hybridized carbons (Fsp3) is 0.429. The van der Waals surface area contributed by atoms with Crippen molar-refractivity contribution in [3.63, 3.8) is 0 Å². The molecule has 0 aliphatic heterocycles. The van der Waals surface area contributed by atoms with E-state index in [9.17, 15) is 14.4 Å². The summed E-state index contributed by atoms with van der Waals surface area (Å²) >= 11 is 0. The number of carbonyl (C=O) groups excluding carboxylic acids is 2. The van der Waals surface area contributed by atoms with Crippen LogP contribution in [0.5, 0.6) is 0 Å². The van der Waals surface area contributed by atoms with Crippen LogP contribution in [0.3, 0.4) is 0 Å². The number of aromatic nitrogens is 2. The van der Waals surface area contributed by atoms with Crippen molar-refractivity contribution in [3.8, 4) is 0 Å². The lowest BCUT2D eigenvalue weighted by Crippen LogP contribution is -2.34. The third kappa shape index (κ3) is 4.51. The molecule has 1 aromatic carbocycles. The van der Waals surface area contributed by atoms with Gasteiger partial charge in [-0.25, -0.2) is 4.68 Å². The fourth-order valence-electron chi connectivity index (χ4n) is 3.52. The number of Topliss-reactive ketones (excluding diaryl/α,β-unsaturated/α-hetero) is 1. The summed E-state index contributed by atoms with van der Waals surface area (Å²) in [6.07, 6.45) is 3.69. The molecule has 1 N–H and O–H groups in total. The monoisotopic (exact) mass is 367 g/mol. The maximum atomic E-state index is 12.6. The number of carbonyl (C=O) groups is 2. The highest BCUT2D eigenvalue weighted by Crippen LogP contribution is 2.26. The molecule has 0 spiro atoms. The van der Waals surface area contributed by atoms with E-state index in [1.807, 2.05) is 24.3 Å². The molecule has 1 unspecified atom stereocenters. The second-order valence-corrected chi connectivity index (χ2v) is 7.07. The number of rotatable bonds is 6. The number of aryl methyl sites for hydroxylation is 2. The standard InChI is InChI=1S/C21H25N3O3/c1-3-14-4-7-16(8-5-14)19(25)11-15-6-9-18-17(10-15)12-21(27)24(23-18)13-20(26)22-2/h4-5,7-8,12,15H,3,6,9-11,13H2,1-2H3,(H,22,26). The Hall–Kier alpha value is -2.76. The van der Waals surface area contributed by atoms with E-state index in [2.05, 4.69) is 17.3 Å². The van der Waals surface area contributed by atoms with Gasteiger partial charge in [-0.15, -0.1) is 0 Å². The minimum absolute atomic E-state index is 0.0711. The van der Waals surface area contributed by atoms with Gasteiger partial charge in [0.25, 0.3) is 5.56 Å². The minimum Gasteiger partial charge on any atom is -0.358 e. The van der Waals surface area contributed by atoms with Crippen LogP contribution in [0.15, 0.2) is 35.1 Å². The predicted octanol–water partition coefficient (Wildman–Crippen LogP) is 1.93. The largest absolute Gasteiger partial charge is 0.358 e. The highest BCUT2D eigenvalue weighted by molar-refractivity contribution is 5.96. The molecule has 0 saturated heterocycles. The molecule has 1 amide bonds. The summed E-state index contributed by atoms with van der Waals surface area (Å²) in [5, 5.41) is 6.85. The van der Waals surface area contributed by atoms with Gasteiger partial charge in [0.05, 0.1) is 5.69 Å². The van der Waals surface area contributed by atoms with Crippen molar-refractivity contribution in [1.29, 1.82) is 0 Å². The average Bonchev–Trinajstić information content (AvgIpc) is 2.68. The Balaban J connectivity index is 1.68. The molecule has 1 heterocycles. The predicted molar refractivity (Wildman–Crippen MR) is 103 cm³/mol. The van der Waals surface area contributed by atoms with Crippen molar-refractivity contribution < 1.29 is 9.59 Å². The summed E-state index contributed by atoms with van der Waals surface area (Å²) in [5.41, 5.74) is 3.45. The zero-order valence-corrected chi connectivity index (χ0v) is 15.8. The van der Waals surface area contributed by atoms with Crippen LogP contribution in [0.1, 0.15) is 46.9 Å². The smallest absolute Gasteiger partial charge is 0.267 e. The Labute approximate surface area is 158 Å². The van der Waals surface area contributed by atoms with E-state index in [0.29, 0.717) is 12.8 Å². The average molecular weight is 367 g/mol. The minimum atomic E-state index is -0.278. The van der Waals surface area contributed by atoms with E-state index in [-0.39, 0.29) is 29.7 Å². The normalized spacial score (nSPS) is 15.9. The van der Waals surface area contributed by atoms with Gasteiger partial charge in [-0.05, 0) is 42.7 Å². The molecule has 0 radical (unpaired) electrons. The first-order valence-corrected chi connectivity index (χ1v) is 9.42. The van der Waals surface area contributed by atoms with E-state index in [4.69, 9.17) is 0 Å². The van der Waals surface area contributed by atoms with E-state index in [1.165, 1.54) is 17.3 Å². The molecule has 1 aliphatic rings. The number of nitrogens with one attached hydrogen (secondary N) is 1. The van der Waals surface area contributed by atoms with E-state index in [0.717, 1.165) is 36.1 Å². The van der Waals surface area contributed by atoms with Crippen LogP contribution in [-0.4, -0.2) is 28.5 Å². The van der Waals surface area contributed by atoms with E-state index in [1.54, 1.807) is 6.07 Å². The molecule has 2 aromatic rings. The third-order valence-corrected chi connectivity index (χ3v) is 5.19. The van der Waals surface area contributed by atoms with Gasteiger partial charge in [0, 0.05) is 25.1 Å². The highest BCUT2D eigenvalue weighted by atomic mass is 16.2. The molecule has 27 heavy (non-hydrogen) atoms. The van der Waals surface area contributed by atoms with Crippen LogP contribution in [0, 0.1) is 5.92 Å². The lowest BCUT2D eigenvalue weighted by Gasteiger charge is -2.23. The number of hydrogen-bond donors (Lipinski definition) is 1. The number of fused-ring (bicyclic) bond motifs is 1. The SMILES string of the molecule is CCc1ccc(C(=O)CC2CCc3nn(CC(=O)NC)c(=O)cc3C2)cc1. The molecule has 1 aliphatic carbocycles. The van der Waals surface area contributed by atoms with Crippen molar-refractivity contribution in [2.75, 3.05) is 7.05 Å². The molecule has 142 valence electrons. The van der Waals surface area contributed by atoms with Crippen LogP contribution in [0.4, 0.5) is 0 Å². The molecule has 6 heteroatoms. The van der Waals surface area contributed by atoms with Gasteiger partial charge in [-0.2, -0.15) is 5.10 Å². The van der Waals surface area contributed by atoms with Crippen molar-refractivity contribution in [2.45, 2.75) is 45.6 Å². The topological polar surface area (TPSA) is 81.1 Å². The second kappa shape index (κ2) is 8.29. The Morgan fingerprint density at radius 3 is 2.67 bits per heavy atom. The molecule has 1 atom stereocenters. The van der Waals surface area contributed by atoms with Gasteiger partial charge >= 0.3 is 0 Å². The van der Waals surface area contributed by atoms with Crippen LogP contribution in [-0.2, 0) is 30.6 Å². The van der Waals surface area contributed by atoms with Gasteiger partial charge in [0.2, 0.25) is 5.91 Å². The molecule has 0 fully saturated rings. The van der Waals surface area contributed by atoms with Gasteiger partial charge < -0.3 is 5.32 Å². The summed E-state index contributed by atoms with van der Waals surface area (Å²) in [7, 11) is 1.53. The van der Waals surface area contributed by atoms with Crippen molar-refractivity contribution in [1.82, 2.24) is 15.1 Å². The van der Waals surface area contributed by atoms with Gasteiger partial charge in [-0.3, -0.25) is 14.4 Å². The summed E-state index contributed by atoms with van der Waals surface area (Å²) in [4.78, 5) is 36.3. The first-order valence-electron chi connectivity index (χ1n) is 9.42. The number of nitrogens with zero attached hydrogens (tertiary/aromatic N) is 2. The Bertz CT molecular complexity index is 900. The van der Waals surface area contributed by atoms with Crippen LogP contribution in [0.2, 0.25) is 0 Å². The Morgan fingerprint density at radius 1 is 1.26 bits per heavy atom. The quantitative estimate of drug-likeness (QED) is 0.791. The zero-order valence-electron chi connectivity index (χ0n) is 15.8. The number of hydrogen-bond acceptors (Lipinski definition) is 4. The van der Waals surface area contributed by atoms with Crippen molar-refractivity contribution in [2.24, 2.45) is 5.92 Å². The van der Waals surface area contributed by atoms with Crippen LogP contribution >= 0.6 is 0 Å². The molecule has 0 bridgehead atoms. The summed E-state index contributed by atoms with van der Waals surface area (Å²) in [6, 6.07) is 9.37. The first-order chi connectivity index (χ1) is 13.0. The molecule has 0 saturated carbocycles. The van der Waals surface area contributed by atoms with Crippen molar-refractivity contribution in [3.05, 3.63) is 63.1 Å². The molecule has 3 rings (SSSR count). The lowest BCUT2D eigenvalue weighted by molar-refractivity contribution is -0.121. The molecular formula is C21H25N3O3. The summed E-state index contributed by atoms with van der Waals surface area (Å²) in [5.74, 6) is 0.108.